The number of fused-ring (bicyclic) bond motifs is 1. The highest BCUT2D eigenvalue weighted by Crippen LogP contribution is 2.28. The smallest absolute Gasteiger partial charge is 0.378 e. The van der Waals surface area contributed by atoms with E-state index in [1.807, 2.05) is 12.1 Å². The number of halogens is 3. The van der Waals surface area contributed by atoms with Crippen LogP contribution in [-0.4, -0.2) is 19.6 Å². The lowest BCUT2D eigenvalue weighted by molar-refractivity contribution is -0.141. The van der Waals surface area contributed by atoms with Gasteiger partial charge in [0.15, 0.2) is 11.5 Å². The van der Waals surface area contributed by atoms with Gasteiger partial charge in [-0.3, -0.25) is 9.38 Å². The number of aromatic nitrogens is 4. The number of rotatable bonds is 3. The summed E-state index contributed by atoms with van der Waals surface area (Å²) in [7, 11) is 0. The van der Waals surface area contributed by atoms with E-state index in [9.17, 15) is 13.2 Å². The Hall–Kier alpha value is -2.64. The summed E-state index contributed by atoms with van der Waals surface area (Å²) >= 11 is 0. The van der Waals surface area contributed by atoms with E-state index >= 15 is 0 Å². The lowest BCUT2D eigenvalue weighted by Crippen LogP contribution is -2.09. The summed E-state index contributed by atoms with van der Waals surface area (Å²) in [5.74, 6) is 0.607. The fourth-order valence-electron chi connectivity index (χ4n) is 1.89. The Balaban J connectivity index is 1.79. The van der Waals surface area contributed by atoms with Crippen LogP contribution in [0.1, 0.15) is 11.5 Å². The molecule has 0 aliphatic heterocycles. The lowest BCUT2D eigenvalue weighted by atomic mass is 10.3. The van der Waals surface area contributed by atoms with E-state index in [2.05, 4.69) is 20.5 Å². The van der Waals surface area contributed by atoms with Crippen LogP contribution < -0.4 is 5.32 Å². The minimum atomic E-state index is -4.46. The van der Waals surface area contributed by atoms with Gasteiger partial charge in [-0.1, -0.05) is 6.07 Å². The van der Waals surface area contributed by atoms with Gasteiger partial charge < -0.3 is 5.32 Å². The normalized spacial score (nSPS) is 11.8. The van der Waals surface area contributed by atoms with Crippen molar-refractivity contribution >= 4 is 11.3 Å². The third-order valence-electron chi connectivity index (χ3n) is 2.89. The van der Waals surface area contributed by atoms with Crippen molar-refractivity contribution in [2.24, 2.45) is 0 Å². The molecule has 0 fully saturated rings. The zero-order valence-corrected chi connectivity index (χ0v) is 10.7. The zero-order chi connectivity index (χ0) is 14.9. The van der Waals surface area contributed by atoms with Crippen LogP contribution in [-0.2, 0) is 12.7 Å². The maximum absolute atomic E-state index is 12.6. The minimum Gasteiger partial charge on any atom is -0.378 e. The van der Waals surface area contributed by atoms with Crippen molar-refractivity contribution in [1.82, 2.24) is 19.6 Å². The summed E-state index contributed by atoms with van der Waals surface area (Å²) in [5, 5.41) is 10.9. The lowest BCUT2D eigenvalue weighted by Gasteiger charge is -2.09. The van der Waals surface area contributed by atoms with Crippen LogP contribution in [0.15, 0.2) is 42.7 Å². The van der Waals surface area contributed by atoms with Crippen molar-refractivity contribution in [3.8, 4) is 0 Å². The predicted octanol–water partition coefficient (Wildman–Crippen LogP) is 2.76. The Labute approximate surface area is 117 Å². The molecule has 0 radical (unpaired) electrons. The first-order valence-electron chi connectivity index (χ1n) is 6.10. The second-order valence-corrected chi connectivity index (χ2v) is 4.33. The van der Waals surface area contributed by atoms with Crippen molar-refractivity contribution < 1.29 is 13.2 Å². The largest absolute Gasteiger partial charge is 0.433 e. The van der Waals surface area contributed by atoms with Gasteiger partial charge in [0.2, 0.25) is 0 Å². The van der Waals surface area contributed by atoms with Gasteiger partial charge in [-0.05, 0) is 24.3 Å². The van der Waals surface area contributed by atoms with Crippen molar-refractivity contribution in [1.29, 1.82) is 0 Å². The number of hydrogen-bond acceptors (Lipinski definition) is 4. The first-order valence-corrected chi connectivity index (χ1v) is 6.10. The molecule has 0 unspecified atom stereocenters. The molecule has 0 saturated carbocycles. The highest BCUT2D eigenvalue weighted by atomic mass is 19.4. The van der Waals surface area contributed by atoms with Crippen LogP contribution >= 0.6 is 0 Å². The maximum atomic E-state index is 12.6. The topological polar surface area (TPSA) is 55.1 Å². The Morgan fingerprint density at radius 3 is 2.81 bits per heavy atom. The van der Waals surface area contributed by atoms with Crippen LogP contribution in [0.5, 0.6) is 0 Å². The highest BCUT2D eigenvalue weighted by molar-refractivity contribution is 5.44. The summed E-state index contributed by atoms with van der Waals surface area (Å²) in [4.78, 5) is 3.31. The molecule has 5 nitrogen and oxygen atoms in total. The monoisotopic (exact) mass is 293 g/mol. The third kappa shape index (κ3) is 2.78. The van der Waals surface area contributed by atoms with E-state index in [1.54, 1.807) is 16.7 Å². The number of hydrogen-bond donors (Lipinski definition) is 1. The Bertz CT molecular complexity index is 766. The van der Waals surface area contributed by atoms with Gasteiger partial charge in [-0.2, -0.15) is 13.2 Å². The number of alkyl halides is 3. The quantitative estimate of drug-likeness (QED) is 0.806. The molecule has 0 aromatic carbocycles. The molecule has 0 saturated heterocycles. The average molecular weight is 293 g/mol. The molecule has 3 aromatic rings. The summed E-state index contributed by atoms with van der Waals surface area (Å²) in [6.45, 7) is 0.256. The SMILES string of the molecule is FC(F)(F)c1cc(NCc2nnc3ccccn23)ccn1. The second-order valence-electron chi connectivity index (χ2n) is 4.33. The van der Waals surface area contributed by atoms with Crippen molar-refractivity contribution in [2.45, 2.75) is 12.7 Å². The number of anilines is 1. The predicted molar refractivity (Wildman–Crippen MR) is 69.6 cm³/mol. The van der Waals surface area contributed by atoms with Crippen molar-refractivity contribution in [3.05, 3.63) is 54.2 Å². The molecule has 0 atom stereocenters. The highest BCUT2D eigenvalue weighted by Gasteiger charge is 2.32. The summed E-state index contributed by atoms with van der Waals surface area (Å²) in [6, 6.07) is 7.89. The van der Waals surface area contributed by atoms with Crippen LogP contribution in [0.3, 0.4) is 0 Å². The van der Waals surface area contributed by atoms with Crippen molar-refractivity contribution in [2.75, 3.05) is 5.32 Å². The molecule has 3 aromatic heterocycles. The standard InChI is InChI=1S/C13H10F3N5/c14-13(15,16)10-7-9(4-5-17-10)18-8-12-20-19-11-3-1-2-6-21(11)12/h1-7H,8H2,(H,17,18). The van der Waals surface area contributed by atoms with Crippen molar-refractivity contribution in [3.63, 3.8) is 0 Å². The van der Waals surface area contributed by atoms with Gasteiger partial charge >= 0.3 is 6.18 Å². The van der Waals surface area contributed by atoms with E-state index < -0.39 is 11.9 Å². The third-order valence-corrected chi connectivity index (χ3v) is 2.89. The molecule has 3 rings (SSSR count). The Kier molecular flexibility index (Phi) is 3.20. The molecule has 0 spiro atoms. The fourth-order valence-corrected chi connectivity index (χ4v) is 1.89. The van der Waals surface area contributed by atoms with Gasteiger partial charge in [-0.25, -0.2) is 0 Å². The van der Waals surface area contributed by atoms with Gasteiger partial charge in [-0.15, -0.1) is 10.2 Å². The molecule has 0 amide bonds. The van der Waals surface area contributed by atoms with Gasteiger partial charge in [0, 0.05) is 18.1 Å². The van der Waals surface area contributed by atoms with Gasteiger partial charge in [0.05, 0.1) is 6.54 Å². The van der Waals surface area contributed by atoms with E-state index in [1.165, 1.54) is 6.07 Å². The van der Waals surface area contributed by atoms with E-state index in [0.29, 0.717) is 17.2 Å². The number of nitrogens with zero attached hydrogens (tertiary/aromatic N) is 4. The Morgan fingerprint density at radius 1 is 1.14 bits per heavy atom. The molecule has 108 valence electrons. The van der Waals surface area contributed by atoms with Crippen LogP contribution in [0.25, 0.3) is 5.65 Å². The molecule has 3 heterocycles. The first kappa shape index (κ1) is 13.3. The molecule has 0 aliphatic rings. The van der Waals surface area contributed by atoms with E-state index in [0.717, 1.165) is 12.3 Å². The molecule has 1 N–H and O–H groups in total. The molecule has 8 heteroatoms. The molecule has 0 bridgehead atoms. The molecular formula is C13H10F3N5. The Morgan fingerprint density at radius 2 is 2.00 bits per heavy atom. The number of pyridine rings is 2. The summed E-state index contributed by atoms with van der Waals surface area (Å²) in [5.41, 5.74) is 0.0728. The minimum absolute atomic E-state index is 0.256. The zero-order valence-electron chi connectivity index (χ0n) is 10.7. The van der Waals surface area contributed by atoms with Gasteiger partial charge in [0.1, 0.15) is 5.69 Å². The summed E-state index contributed by atoms with van der Waals surface area (Å²) in [6.07, 6.45) is -1.55. The summed E-state index contributed by atoms with van der Waals surface area (Å²) < 4.78 is 39.5. The molecule has 21 heavy (non-hydrogen) atoms. The second kappa shape index (κ2) is 5.04. The van der Waals surface area contributed by atoms with Gasteiger partial charge in [0.25, 0.3) is 0 Å². The molecular weight excluding hydrogens is 283 g/mol. The van der Waals surface area contributed by atoms with E-state index in [4.69, 9.17) is 0 Å². The van der Waals surface area contributed by atoms with Crippen LogP contribution in [0.2, 0.25) is 0 Å². The molecule has 0 aliphatic carbocycles. The first-order chi connectivity index (χ1) is 10.0. The van der Waals surface area contributed by atoms with E-state index in [-0.39, 0.29) is 6.54 Å². The maximum Gasteiger partial charge on any atom is 0.433 e. The van der Waals surface area contributed by atoms with Crippen LogP contribution in [0, 0.1) is 0 Å². The average Bonchev–Trinajstić information content (AvgIpc) is 2.88. The fraction of sp³-hybridized carbons (Fsp3) is 0.154. The van der Waals surface area contributed by atoms with Crippen LogP contribution in [0.4, 0.5) is 18.9 Å². The number of nitrogens with one attached hydrogen (secondary N) is 1.